The summed E-state index contributed by atoms with van der Waals surface area (Å²) in [7, 11) is 1.73. The molecule has 0 fully saturated rings. The zero-order chi connectivity index (χ0) is 21.8. The summed E-state index contributed by atoms with van der Waals surface area (Å²) in [6.07, 6.45) is 3.07. The second-order valence-electron chi connectivity index (χ2n) is 7.06. The number of nitrogens with one attached hydrogen (secondary N) is 2. The van der Waals surface area contributed by atoms with E-state index in [2.05, 4.69) is 10.3 Å². The lowest BCUT2D eigenvalue weighted by molar-refractivity contribution is 0.0698. The largest absolute Gasteiger partial charge is 0.478 e. The van der Waals surface area contributed by atoms with Crippen LogP contribution < -0.4 is 10.7 Å². The second-order valence-corrected chi connectivity index (χ2v) is 7.06. The van der Waals surface area contributed by atoms with Crippen LogP contribution in [0.15, 0.2) is 58.0 Å². The summed E-state index contributed by atoms with van der Waals surface area (Å²) in [6.45, 7) is 5.82. The molecule has 1 heterocycles. The van der Waals surface area contributed by atoms with Gasteiger partial charge in [-0.05, 0) is 44.5 Å². The van der Waals surface area contributed by atoms with Crippen molar-refractivity contribution < 1.29 is 14.3 Å². The minimum atomic E-state index is -0.984. The maximum absolute atomic E-state index is 11.6. The third-order valence-electron chi connectivity index (χ3n) is 5.01. The Labute approximate surface area is 175 Å². The van der Waals surface area contributed by atoms with Crippen LogP contribution in [0.25, 0.3) is 16.5 Å². The van der Waals surface area contributed by atoms with E-state index in [1.165, 1.54) is 6.21 Å². The van der Waals surface area contributed by atoms with Crippen LogP contribution in [0.3, 0.4) is 0 Å². The molecule has 0 amide bonds. The van der Waals surface area contributed by atoms with Crippen molar-refractivity contribution in [3.8, 4) is 0 Å². The summed E-state index contributed by atoms with van der Waals surface area (Å²) in [4.78, 5) is 16.0. The summed E-state index contributed by atoms with van der Waals surface area (Å²) in [5.74, 6) is -0.425. The fourth-order valence-electron chi connectivity index (χ4n) is 3.50. The Morgan fingerprint density at radius 2 is 2.00 bits per heavy atom. The number of aryl methyl sites for hydroxylation is 1. The van der Waals surface area contributed by atoms with Crippen molar-refractivity contribution in [2.75, 3.05) is 12.4 Å². The van der Waals surface area contributed by atoms with Gasteiger partial charge in [-0.25, -0.2) is 4.79 Å². The zero-order valence-corrected chi connectivity index (χ0v) is 17.5. The second kappa shape index (κ2) is 8.78. The molecular formula is C24H25N3O3. The molecule has 6 nitrogen and oxygen atoms in total. The van der Waals surface area contributed by atoms with Crippen LogP contribution in [0.1, 0.15) is 47.1 Å². The minimum Gasteiger partial charge on any atom is -0.478 e. The Morgan fingerprint density at radius 1 is 1.27 bits per heavy atom. The SMILES string of the molecule is C/C=C(\C=N)c1cc(=NC)c2cc(C)cc(C(C)Nc3ccccc3C(=O)O)c2o1. The molecule has 0 saturated heterocycles. The first-order valence-corrected chi connectivity index (χ1v) is 9.66. The Hall–Kier alpha value is -3.67. The van der Waals surface area contributed by atoms with E-state index in [0.717, 1.165) is 21.9 Å². The average Bonchev–Trinajstić information content (AvgIpc) is 2.73. The van der Waals surface area contributed by atoms with Gasteiger partial charge >= 0.3 is 5.97 Å². The van der Waals surface area contributed by atoms with Crippen molar-refractivity contribution in [3.63, 3.8) is 0 Å². The Bertz CT molecular complexity index is 1220. The molecule has 3 rings (SSSR count). The van der Waals surface area contributed by atoms with Crippen LogP contribution in [0.4, 0.5) is 5.69 Å². The van der Waals surface area contributed by atoms with E-state index in [9.17, 15) is 9.90 Å². The van der Waals surface area contributed by atoms with Crippen molar-refractivity contribution in [2.24, 2.45) is 4.99 Å². The van der Waals surface area contributed by atoms with E-state index in [0.29, 0.717) is 22.6 Å². The molecule has 0 spiro atoms. The van der Waals surface area contributed by atoms with Gasteiger partial charge in [-0.3, -0.25) is 4.99 Å². The van der Waals surface area contributed by atoms with E-state index in [4.69, 9.17) is 9.83 Å². The van der Waals surface area contributed by atoms with Crippen molar-refractivity contribution in [3.05, 3.63) is 76.3 Å². The average molecular weight is 403 g/mol. The number of carboxylic acids is 1. The molecule has 0 aliphatic carbocycles. The predicted molar refractivity (Wildman–Crippen MR) is 120 cm³/mol. The smallest absolute Gasteiger partial charge is 0.337 e. The van der Waals surface area contributed by atoms with Gasteiger partial charge in [-0.1, -0.05) is 24.3 Å². The number of carboxylic acid groups (broad SMARTS) is 1. The highest BCUT2D eigenvalue weighted by molar-refractivity contribution is 6.07. The molecule has 0 bridgehead atoms. The standard InChI is InChI=1S/C24H25N3O3/c1-5-16(13-25)22-12-21(26-4)19-11-14(2)10-18(23(19)30-22)15(3)27-20-9-7-6-8-17(20)24(28)29/h5-13,15,25,27H,1-4H3,(H,28,29)/b16-5+,25-13?,26-21?. The molecule has 0 radical (unpaired) electrons. The van der Waals surface area contributed by atoms with Crippen LogP contribution in [-0.4, -0.2) is 24.3 Å². The Balaban J connectivity index is 2.21. The molecule has 1 atom stereocenters. The van der Waals surface area contributed by atoms with Crippen molar-refractivity contribution in [1.29, 1.82) is 5.41 Å². The third kappa shape index (κ3) is 4.03. The molecule has 1 aromatic heterocycles. The maximum atomic E-state index is 11.6. The van der Waals surface area contributed by atoms with Gasteiger partial charge in [-0.15, -0.1) is 0 Å². The quantitative estimate of drug-likeness (QED) is 0.493. The van der Waals surface area contributed by atoms with Gasteiger partial charge in [0.25, 0.3) is 0 Å². The molecule has 3 N–H and O–H groups in total. The minimum absolute atomic E-state index is 0.211. The number of aromatic carboxylic acids is 1. The molecule has 3 aromatic rings. The molecular weight excluding hydrogens is 378 g/mol. The van der Waals surface area contributed by atoms with Gasteiger partial charge in [0.05, 0.1) is 17.0 Å². The van der Waals surface area contributed by atoms with Crippen LogP contribution in [0.5, 0.6) is 0 Å². The fraction of sp³-hybridized carbons (Fsp3) is 0.208. The number of hydrogen-bond donors (Lipinski definition) is 3. The summed E-state index contributed by atoms with van der Waals surface area (Å²) in [5, 5.41) is 22.1. The summed E-state index contributed by atoms with van der Waals surface area (Å²) < 4.78 is 6.24. The topological polar surface area (TPSA) is 98.7 Å². The number of allylic oxidation sites excluding steroid dienone is 2. The lowest BCUT2D eigenvalue weighted by Gasteiger charge is -2.19. The summed E-state index contributed by atoms with van der Waals surface area (Å²) >= 11 is 0. The van der Waals surface area contributed by atoms with Gasteiger partial charge in [0, 0.05) is 41.5 Å². The van der Waals surface area contributed by atoms with Crippen LogP contribution >= 0.6 is 0 Å². The molecule has 0 aliphatic rings. The summed E-state index contributed by atoms with van der Waals surface area (Å²) in [5.41, 5.74) is 4.00. The number of para-hydroxylation sites is 1. The molecule has 2 aromatic carbocycles. The van der Waals surface area contributed by atoms with E-state index in [1.54, 1.807) is 31.3 Å². The number of benzene rings is 2. The molecule has 6 heteroatoms. The number of nitrogens with zero attached hydrogens (tertiary/aromatic N) is 1. The van der Waals surface area contributed by atoms with E-state index >= 15 is 0 Å². The highest BCUT2D eigenvalue weighted by Crippen LogP contribution is 2.30. The van der Waals surface area contributed by atoms with Gasteiger partial charge in [0.1, 0.15) is 11.3 Å². The Kier molecular flexibility index (Phi) is 6.16. The molecule has 30 heavy (non-hydrogen) atoms. The van der Waals surface area contributed by atoms with Crippen LogP contribution in [0.2, 0.25) is 0 Å². The number of fused-ring (bicyclic) bond motifs is 1. The Morgan fingerprint density at radius 3 is 2.63 bits per heavy atom. The number of rotatable bonds is 6. The predicted octanol–water partition coefficient (Wildman–Crippen LogP) is 5.20. The zero-order valence-electron chi connectivity index (χ0n) is 17.5. The highest BCUT2D eigenvalue weighted by atomic mass is 16.4. The lowest BCUT2D eigenvalue weighted by Crippen LogP contribution is -2.13. The van der Waals surface area contributed by atoms with Gasteiger partial charge in [-0.2, -0.15) is 0 Å². The van der Waals surface area contributed by atoms with Gasteiger partial charge < -0.3 is 20.2 Å². The normalized spacial score (nSPS) is 13.3. The fourth-order valence-corrected chi connectivity index (χ4v) is 3.50. The van der Waals surface area contributed by atoms with E-state index in [1.807, 2.05) is 45.0 Å². The van der Waals surface area contributed by atoms with Crippen molar-refractivity contribution >= 4 is 34.4 Å². The van der Waals surface area contributed by atoms with Crippen LogP contribution in [-0.2, 0) is 0 Å². The summed E-state index contributed by atoms with van der Waals surface area (Å²) in [6, 6.07) is 12.5. The van der Waals surface area contributed by atoms with E-state index in [-0.39, 0.29) is 11.6 Å². The highest BCUT2D eigenvalue weighted by Gasteiger charge is 2.18. The van der Waals surface area contributed by atoms with E-state index < -0.39 is 5.97 Å². The third-order valence-corrected chi connectivity index (χ3v) is 5.01. The van der Waals surface area contributed by atoms with Gasteiger partial charge in [0.15, 0.2) is 0 Å². The maximum Gasteiger partial charge on any atom is 0.337 e. The first-order valence-electron chi connectivity index (χ1n) is 9.66. The van der Waals surface area contributed by atoms with Crippen molar-refractivity contribution in [2.45, 2.75) is 26.8 Å². The first kappa shape index (κ1) is 21.0. The molecule has 1 unspecified atom stereocenters. The lowest BCUT2D eigenvalue weighted by atomic mass is 10.00. The number of hydrogen-bond acceptors (Lipinski definition) is 5. The monoisotopic (exact) mass is 403 g/mol. The van der Waals surface area contributed by atoms with Crippen molar-refractivity contribution in [1.82, 2.24) is 0 Å². The number of carbonyl (C=O) groups is 1. The molecule has 154 valence electrons. The first-order chi connectivity index (χ1) is 14.4. The number of anilines is 1. The molecule has 0 aliphatic heterocycles. The van der Waals surface area contributed by atoms with Crippen LogP contribution in [0, 0.1) is 12.3 Å². The molecule has 0 saturated carbocycles. The van der Waals surface area contributed by atoms with Gasteiger partial charge in [0.2, 0.25) is 0 Å².